The van der Waals surface area contributed by atoms with Crippen LogP contribution in [-0.2, 0) is 19.5 Å². The number of halogens is 3. The van der Waals surface area contributed by atoms with Gasteiger partial charge >= 0.3 is 12.2 Å². The van der Waals surface area contributed by atoms with Crippen LogP contribution in [0.2, 0.25) is 0 Å². The summed E-state index contributed by atoms with van der Waals surface area (Å²) in [5, 5.41) is 9.05. The molecule has 0 fully saturated rings. The van der Waals surface area contributed by atoms with Crippen molar-refractivity contribution in [2.75, 3.05) is 13.2 Å². The van der Waals surface area contributed by atoms with E-state index in [-0.39, 0.29) is 30.4 Å². The van der Waals surface area contributed by atoms with Crippen molar-refractivity contribution in [3.8, 4) is 5.75 Å². The van der Waals surface area contributed by atoms with Gasteiger partial charge in [0.25, 0.3) is 5.56 Å². The number of aromatic amines is 1. The summed E-state index contributed by atoms with van der Waals surface area (Å²) >= 11 is 0. The maximum absolute atomic E-state index is 12.3. The van der Waals surface area contributed by atoms with E-state index in [9.17, 15) is 22.8 Å². The smallest absolute Gasteiger partial charge is 0.422 e. The average molecular weight is 382 g/mol. The van der Waals surface area contributed by atoms with Gasteiger partial charge in [-0.25, -0.2) is 9.89 Å². The second-order valence-corrected chi connectivity index (χ2v) is 6.09. The fourth-order valence-corrected chi connectivity index (χ4v) is 2.72. The van der Waals surface area contributed by atoms with Crippen LogP contribution in [0.3, 0.4) is 0 Å². The zero-order valence-corrected chi connectivity index (χ0v) is 14.2. The molecule has 0 unspecified atom stereocenters. The van der Waals surface area contributed by atoms with Crippen molar-refractivity contribution in [1.29, 1.82) is 0 Å². The highest BCUT2D eigenvalue weighted by Crippen LogP contribution is 2.19. The first-order valence-electron chi connectivity index (χ1n) is 8.19. The number of rotatable bonds is 4. The zero-order valence-electron chi connectivity index (χ0n) is 14.2. The van der Waals surface area contributed by atoms with Gasteiger partial charge in [-0.3, -0.25) is 4.79 Å². The van der Waals surface area contributed by atoms with Gasteiger partial charge < -0.3 is 15.0 Å². The molecule has 0 aliphatic carbocycles. The zero-order chi connectivity index (χ0) is 19.4. The Kier molecular flexibility index (Phi) is 5.33. The third-order valence-corrected chi connectivity index (χ3v) is 3.99. The highest BCUT2D eigenvalue weighted by Gasteiger charge is 2.28. The SMILES string of the molecule is O=C(NCc1cccc(OCC(F)(F)F)c1)N1CCc2n[nH]c(=O)cc2C1. The Morgan fingerprint density at radius 2 is 2.15 bits per heavy atom. The van der Waals surface area contributed by atoms with Crippen LogP contribution in [0.25, 0.3) is 0 Å². The fourth-order valence-electron chi connectivity index (χ4n) is 2.72. The van der Waals surface area contributed by atoms with Gasteiger partial charge in [0.15, 0.2) is 6.61 Å². The van der Waals surface area contributed by atoms with E-state index in [0.29, 0.717) is 24.1 Å². The molecule has 0 atom stereocenters. The van der Waals surface area contributed by atoms with Crippen molar-refractivity contribution in [2.45, 2.75) is 25.7 Å². The number of amides is 2. The van der Waals surface area contributed by atoms with E-state index in [0.717, 1.165) is 5.69 Å². The molecule has 1 aliphatic heterocycles. The van der Waals surface area contributed by atoms with Gasteiger partial charge in [0, 0.05) is 37.7 Å². The van der Waals surface area contributed by atoms with E-state index >= 15 is 0 Å². The lowest BCUT2D eigenvalue weighted by atomic mass is 10.1. The van der Waals surface area contributed by atoms with Gasteiger partial charge in [0.2, 0.25) is 0 Å². The van der Waals surface area contributed by atoms with E-state index in [2.05, 4.69) is 15.5 Å². The molecule has 10 heteroatoms. The first kappa shape index (κ1) is 18.7. The molecule has 1 aromatic heterocycles. The van der Waals surface area contributed by atoms with Crippen molar-refractivity contribution in [2.24, 2.45) is 0 Å². The molecule has 144 valence electrons. The molecule has 2 aromatic rings. The number of urea groups is 1. The van der Waals surface area contributed by atoms with E-state index in [1.165, 1.54) is 18.2 Å². The summed E-state index contributed by atoms with van der Waals surface area (Å²) in [6, 6.07) is 7.19. The summed E-state index contributed by atoms with van der Waals surface area (Å²) < 4.78 is 41.4. The van der Waals surface area contributed by atoms with Gasteiger partial charge in [-0.15, -0.1) is 0 Å². The number of hydrogen-bond acceptors (Lipinski definition) is 4. The first-order chi connectivity index (χ1) is 12.8. The predicted molar refractivity (Wildman–Crippen MR) is 89.2 cm³/mol. The quantitative estimate of drug-likeness (QED) is 0.847. The Bertz CT molecular complexity index is 882. The number of nitrogens with one attached hydrogen (secondary N) is 2. The number of carbonyl (C=O) groups is 1. The number of H-pyrrole nitrogens is 1. The summed E-state index contributed by atoms with van der Waals surface area (Å²) in [5.41, 5.74) is 1.74. The number of benzene rings is 1. The normalized spacial score (nSPS) is 13.8. The number of alkyl halides is 3. The average Bonchev–Trinajstić information content (AvgIpc) is 2.63. The minimum Gasteiger partial charge on any atom is -0.484 e. The fraction of sp³-hybridized carbons (Fsp3) is 0.353. The van der Waals surface area contributed by atoms with Crippen molar-refractivity contribution in [3.05, 3.63) is 57.5 Å². The highest BCUT2D eigenvalue weighted by molar-refractivity contribution is 5.74. The molecule has 2 amide bonds. The summed E-state index contributed by atoms with van der Waals surface area (Å²) in [6.45, 7) is -0.512. The Hall–Kier alpha value is -3.04. The van der Waals surface area contributed by atoms with Crippen molar-refractivity contribution in [3.63, 3.8) is 0 Å². The molecule has 0 saturated carbocycles. The van der Waals surface area contributed by atoms with E-state index in [1.807, 2.05) is 0 Å². The van der Waals surface area contributed by atoms with Crippen LogP contribution < -0.4 is 15.6 Å². The lowest BCUT2D eigenvalue weighted by molar-refractivity contribution is -0.153. The van der Waals surface area contributed by atoms with E-state index < -0.39 is 12.8 Å². The standard InChI is InChI=1S/C17H17F3N4O3/c18-17(19,20)10-27-13-3-1-2-11(6-13)8-21-16(26)24-5-4-14-12(9-24)7-15(25)23-22-14/h1-3,6-7H,4-5,8-10H2,(H,21,26)(H,23,25). The molecule has 2 heterocycles. The number of aromatic nitrogens is 2. The maximum atomic E-state index is 12.3. The molecule has 27 heavy (non-hydrogen) atoms. The van der Waals surface area contributed by atoms with Gasteiger partial charge in [-0.1, -0.05) is 12.1 Å². The molecule has 0 saturated heterocycles. The van der Waals surface area contributed by atoms with Crippen molar-refractivity contribution in [1.82, 2.24) is 20.4 Å². The number of carbonyl (C=O) groups excluding carboxylic acids is 1. The van der Waals surface area contributed by atoms with Crippen LogP contribution in [-0.4, -0.2) is 40.5 Å². The van der Waals surface area contributed by atoms with Crippen molar-refractivity contribution < 1.29 is 22.7 Å². The largest absolute Gasteiger partial charge is 0.484 e. The third kappa shape index (κ3) is 5.22. The van der Waals surface area contributed by atoms with Gasteiger partial charge in [-0.05, 0) is 17.7 Å². The van der Waals surface area contributed by atoms with Crippen LogP contribution in [0.1, 0.15) is 16.8 Å². The third-order valence-electron chi connectivity index (χ3n) is 3.99. The van der Waals surface area contributed by atoms with E-state index in [1.54, 1.807) is 17.0 Å². The Balaban J connectivity index is 1.56. The monoisotopic (exact) mass is 382 g/mol. The minimum absolute atomic E-state index is 0.0799. The van der Waals surface area contributed by atoms with E-state index in [4.69, 9.17) is 4.74 Å². The van der Waals surface area contributed by atoms with Crippen LogP contribution in [0, 0.1) is 0 Å². The van der Waals surface area contributed by atoms with Crippen molar-refractivity contribution >= 4 is 6.03 Å². The predicted octanol–water partition coefficient (Wildman–Crippen LogP) is 1.98. The molecule has 2 N–H and O–H groups in total. The summed E-state index contributed by atoms with van der Waals surface area (Å²) in [6.07, 6.45) is -3.88. The Labute approximate surface area is 152 Å². The molecule has 3 rings (SSSR count). The summed E-state index contributed by atoms with van der Waals surface area (Å²) in [4.78, 5) is 25.2. The second kappa shape index (κ2) is 7.68. The number of hydrogen-bond donors (Lipinski definition) is 2. The Morgan fingerprint density at radius 1 is 1.33 bits per heavy atom. The summed E-state index contributed by atoms with van der Waals surface area (Å²) in [5.74, 6) is 0.0799. The van der Waals surface area contributed by atoms with Gasteiger partial charge in [-0.2, -0.15) is 18.3 Å². The minimum atomic E-state index is -4.41. The molecular weight excluding hydrogens is 365 g/mol. The lowest BCUT2D eigenvalue weighted by Crippen LogP contribution is -2.43. The lowest BCUT2D eigenvalue weighted by Gasteiger charge is -2.27. The van der Waals surface area contributed by atoms with Crippen LogP contribution >= 0.6 is 0 Å². The molecule has 0 radical (unpaired) electrons. The molecular formula is C17H17F3N4O3. The van der Waals surface area contributed by atoms with Crippen LogP contribution in [0.5, 0.6) is 5.75 Å². The highest BCUT2D eigenvalue weighted by atomic mass is 19.4. The summed E-state index contributed by atoms with van der Waals surface area (Å²) in [7, 11) is 0. The number of ether oxygens (including phenoxy) is 1. The van der Waals surface area contributed by atoms with Crippen LogP contribution in [0.15, 0.2) is 35.1 Å². The van der Waals surface area contributed by atoms with Crippen LogP contribution in [0.4, 0.5) is 18.0 Å². The molecule has 7 nitrogen and oxygen atoms in total. The molecule has 0 bridgehead atoms. The molecule has 0 spiro atoms. The van der Waals surface area contributed by atoms with Gasteiger partial charge in [0.1, 0.15) is 5.75 Å². The molecule has 1 aromatic carbocycles. The maximum Gasteiger partial charge on any atom is 0.422 e. The molecule has 1 aliphatic rings. The van der Waals surface area contributed by atoms with Gasteiger partial charge in [0.05, 0.1) is 5.69 Å². The number of fused-ring (bicyclic) bond motifs is 1. The number of nitrogens with zero attached hydrogens (tertiary/aromatic N) is 2. The Morgan fingerprint density at radius 3 is 2.93 bits per heavy atom. The first-order valence-corrected chi connectivity index (χ1v) is 8.19. The second-order valence-electron chi connectivity index (χ2n) is 6.09. The topological polar surface area (TPSA) is 87.3 Å².